The Hall–Kier alpha value is -2.35. The van der Waals surface area contributed by atoms with Gasteiger partial charge in [-0.05, 0) is 18.4 Å². The van der Waals surface area contributed by atoms with Gasteiger partial charge in [-0.2, -0.15) is 0 Å². The number of nitrogens with one attached hydrogen (secondary N) is 2. The zero-order valence-electron chi connectivity index (χ0n) is 12.5. The van der Waals surface area contributed by atoms with Crippen molar-refractivity contribution in [3.05, 3.63) is 46.5 Å². The molecule has 0 atom stereocenters. The fourth-order valence-electron chi connectivity index (χ4n) is 2.66. The lowest BCUT2D eigenvalue weighted by molar-refractivity contribution is 0.0866. The number of carbonyl (C=O) groups is 1. The monoisotopic (exact) mass is 334 g/mol. The summed E-state index contributed by atoms with van der Waals surface area (Å²) in [6.45, 7) is 1.54. The van der Waals surface area contributed by atoms with Crippen molar-refractivity contribution in [3.8, 4) is 0 Å². The maximum atomic E-state index is 12.1. The van der Waals surface area contributed by atoms with E-state index >= 15 is 0 Å². The third-order valence-corrected chi connectivity index (χ3v) is 4.29. The van der Waals surface area contributed by atoms with Gasteiger partial charge in [0.1, 0.15) is 23.7 Å². The van der Waals surface area contributed by atoms with E-state index in [9.17, 15) is 9.00 Å². The summed E-state index contributed by atoms with van der Waals surface area (Å²) in [4.78, 5) is 18.0. The number of nitrogens with zero attached hydrogens (tertiary/aromatic N) is 2. The molecule has 1 amide bonds. The highest BCUT2D eigenvalue weighted by molar-refractivity contribution is 7.56. The van der Waals surface area contributed by atoms with E-state index in [0.29, 0.717) is 29.1 Å². The number of amides is 1. The van der Waals surface area contributed by atoms with Crippen molar-refractivity contribution in [1.82, 2.24) is 20.1 Å². The quantitative estimate of drug-likeness (QED) is 0.840. The number of H-pyrrole nitrogens is 2. The molecular weight excluding hydrogens is 316 g/mol. The molecule has 1 fully saturated rings. The fraction of sp³-hybridized carbons (Fsp3) is 0.400. The number of likely N-dealkylation sites (tertiary alicyclic amines) is 1. The Balaban J connectivity index is 1.50. The molecule has 1 saturated heterocycles. The molecule has 0 bridgehead atoms. The van der Waals surface area contributed by atoms with Crippen molar-refractivity contribution in [3.63, 3.8) is 0 Å². The summed E-state index contributed by atoms with van der Waals surface area (Å²) in [5, 5.41) is 5.66. The molecule has 0 saturated carbocycles. The number of rotatable bonds is 3. The Morgan fingerprint density at radius 3 is 2.65 bits per heavy atom. The fourth-order valence-corrected chi connectivity index (χ4v) is 2.89. The number of hydrogen-bond donors (Lipinski definition) is 2. The van der Waals surface area contributed by atoms with Gasteiger partial charge in [-0.3, -0.25) is 10.2 Å². The molecule has 0 aliphatic carbocycles. The second-order valence-corrected chi connectivity index (χ2v) is 5.99. The maximum Gasteiger partial charge on any atom is 0.410 e. The molecule has 2 N–H and O–H groups in total. The van der Waals surface area contributed by atoms with Gasteiger partial charge in [-0.15, -0.1) is 0 Å². The Bertz CT molecular complexity index is 743. The van der Waals surface area contributed by atoms with Crippen LogP contribution in [0.15, 0.2) is 30.3 Å². The minimum atomic E-state index is -0.283. The van der Waals surface area contributed by atoms with Crippen molar-refractivity contribution < 1.29 is 13.7 Å². The van der Waals surface area contributed by atoms with E-state index in [-0.39, 0.29) is 18.6 Å². The zero-order chi connectivity index (χ0) is 16.1. The van der Waals surface area contributed by atoms with Crippen molar-refractivity contribution in [1.29, 1.82) is 0 Å². The Kier molecular flexibility index (Phi) is 4.92. The van der Waals surface area contributed by atoms with Gasteiger partial charge < -0.3 is 9.64 Å². The van der Waals surface area contributed by atoms with Crippen LogP contribution in [0.1, 0.15) is 30.1 Å². The maximum absolute atomic E-state index is 12.1. The summed E-state index contributed by atoms with van der Waals surface area (Å²) in [5.41, 5.74) is 0.976. The number of hydrogen-bond acceptors (Lipinski definition) is 4. The van der Waals surface area contributed by atoms with E-state index in [2.05, 4.69) is 15.2 Å². The molecule has 1 aliphatic heterocycles. The minimum absolute atomic E-state index is 0.227. The van der Waals surface area contributed by atoms with Crippen LogP contribution in [-0.4, -0.2) is 43.5 Å². The molecule has 0 radical (unpaired) electrons. The first-order valence-electron chi connectivity index (χ1n) is 7.49. The number of carbonyl (C=O) groups excluding carboxylic acids is 1. The van der Waals surface area contributed by atoms with Crippen LogP contribution in [0.25, 0.3) is 0 Å². The lowest BCUT2D eigenvalue weighted by atomic mass is 9.96. The molecule has 1 aliphatic rings. The third kappa shape index (κ3) is 3.89. The van der Waals surface area contributed by atoms with Crippen LogP contribution < -0.4 is 0 Å². The van der Waals surface area contributed by atoms with Gasteiger partial charge >= 0.3 is 6.09 Å². The van der Waals surface area contributed by atoms with Crippen LogP contribution in [-0.2, 0) is 22.6 Å². The van der Waals surface area contributed by atoms with Crippen LogP contribution in [0.5, 0.6) is 0 Å². The zero-order valence-corrected chi connectivity index (χ0v) is 13.3. The third-order valence-electron chi connectivity index (χ3n) is 3.94. The number of benzene rings is 1. The van der Waals surface area contributed by atoms with E-state index < -0.39 is 0 Å². The smallest absolute Gasteiger partial charge is 0.410 e. The van der Waals surface area contributed by atoms with Gasteiger partial charge in [0.15, 0.2) is 0 Å². The molecule has 8 heteroatoms. The lowest BCUT2D eigenvalue weighted by Crippen LogP contribution is -2.38. The van der Waals surface area contributed by atoms with Gasteiger partial charge in [0.2, 0.25) is 4.77 Å². The number of aromatic amines is 2. The second-order valence-electron chi connectivity index (χ2n) is 5.44. The summed E-state index contributed by atoms with van der Waals surface area (Å²) in [7, 11) is 0. The predicted octanol–water partition coefficient (Wildman–Crippen LogP) is 2.00. The standard InChI is InChI=1S/C15H18N4O3S/c20-15(22-10-11-4-2-1-3-5-11)19-8-6-12(7-9-19)13-16-14(23-21)18-17-13/h1-5,12,18H,6-10H2,(H,16,17). The molecule has 23 heavy (non-hydrogen) atoms. The van der Waals surface area contributed by atoms with Crippen molar-refractivity contribution >= 4 is 17.3 Å². The summed E-state index contributed by atoms with van der Waals surface area (Å²) in [6.07, 6.45) is 1.31. The Morgan fingerprint density at radius 1 is 1.26 bits per heavy atom. The predicted molar refractivity (Wildman–Crippen MR) is 84.5 cm³/mol. The molecule has 0 unspecified atom stereocenters. The number of ether oxygens (including phenoxy) is 1. The lowest BCUT2D eigenvalue weighted by Gasteiger charge is -2.30. The molecular formula is C15H18N4O3S. The molecule has 3 rings (SSSR count). The second kappa shape index (κ2) is 7.28. The first-order chi connectivity index (χ1) is 11.3. The van der Waals surface area contributed by atoms with Crippen LogP contribution >= 0.6 is 0 Å². The Labute approximate surface area is 136 Å². The van der Waals surface area contributed by atoms with Gasteiger partial charge in [0, 0.05) is 19.0 Å². The highest BCUT2D eigenvalue weighted by Crippen LogP contribution is 2.25. The van der Waals surface area contributed by atoms with Crippen molar-refractivity contribution in [2.75, 3.05) is 13.1 Å². The normalized spacial score (nSPS) is 15.4. The molecule has 2 aromatic rings. The average molecular weight is 334 g/mol. The largest absolute Gasteiger partial charge is 0.445 e. The van der Waals surface area contributed by atoms with E-state index in [0.717, 1.165) is 24.2 Å². The van der Waals surface area contributed by atoms with Gasteiger partial charge in [-0.25, -0.2) is 14.0 Å². The van der Waals surface area contributed by atoms with Crippen molar-refractivity contribution in [2.24, 2.45) is 0 Å². The van der Waals surface area contributed by atoms with Crippen LogP contribution in [0.3, 0.4) is 0 Å². The van der Waals surface area contributed by atoms with E-state index in [1.807, 2.05) is 30.3 Å². The van der Waals surface area contributed by atoms with Gasteiger partial charge in [0.25, 0.3) is 0 Å². The average Bonchev–Trinajstić information content (AvgIpc) is 3.10. The summed E-state index contributed by atoms with van der Waals surface area (Å²) in [6, 6.07) is 9.63. The van der Waals surface area contributed by atoms with E-state index in [1.54, 1.807) is 4.90 Å². The van der Waals surface area contributed by atoms with E-state index in [1.165, 1.54) is 0 Å². The summed E-state index contributed by atoms with van der Waals surface area (Å²) >= 11 is 0.331. The van der Waals surface area contributed by atoms with Crippen LogP contribution in [0.2, 0.25) is 0 Å². The van der Waals surface area contributed by atoms with Crippen LogP contribution in [0.4, 0.5) is 4.79 Å². The van der Waals surface area contributed by atoms with Crippen LogP contribution in [0, 0.1) is 4.77 Å². The Morgan fingerprint density at radius 2 is 2.00 bits per heavy atom. The highest BCUT2D eigenvalue weighted by atomic mass is 32.1. The highest BCUT2D eigenvalue weighted by Gasteiger charge is 2.26. The number of piperidine rings is 1. The summed E-state index contributed by atoms with van der Waals surface area (Å²) < 4.78 is 16.4. The first kappa shape index (κ1) is 15.5. The molecule has 2 heterocycles. The van der Waals surface area contributed by atoms with Gasteiger partial charge in [0.05, 0.1) is 0 Å². The first-order valence-corrected chi connectivity index (χ1v) is 8.23. The molecule has 7 nitrogen and oxygen atoms in total. The summed E-state index contributed by atoms with van der Waals surface area (Å²) in [5.74, 6) is 1.01. The topological polar surface area (TPSA) is 91.1 Å². The number of aromatic nitrogens is 3. The molecule has 1 aromatic heterocycles. The van der Waals surface area contributed by atoms with E-state index in [4.69, 9.17) is 4.74 Å². The molecule has 122 valence electrons. The SMILES string of the molecule is O=S=c1nc(C2CCN(C(=O)OCc3ccccc3)CC2)[nH][nH]1. The van der Waals surface area contributed by atoms with Crippen molar-refractivity contribution in [2.45, 2.75) is 25.4 Å². The minimum Gasteiger partial charge on any atom is -0.445 e. The van der Waals surface area contributed by atoms with Gasteiger partial charge in [-0.1, -0.05) is 30.3 Å². The molecule has 1 aromatic carbocycles. The molecule has 0 spiro atoms.